The maximum absolute atomic E-state index is 14.1. The van der Waals surface area contributed by atoms with E-state index in [2.05, 4.69) is 29.5 Å². The van der Waals surface area contributed by atoms with Gasteiger partial charge in [0.05, 0.1) is 26.7 Å². The van der Waals surface area contributed by atoms with E-state index in [-0.39, 0.29) is 36.1 Å². The van der Waals surface area contributed by atoms with Crippen molar-refractivity contribution in [1.29, 1.82) is 0 Å². The van der Waals surface area contributed by atoms with Crippen LogP contribution in [0.3, 0.4) is 0 Å². The first-order chi connectivity index (χ1) is 18.5. The van der Waals surface area contributed by atoms with E-state index in [4.69, 9.17) is 20.9 Å². The van der Waals surface area contributed by atoms with Crippen molar-refractivity contribution in [2.45, 2.75) is 95.5 Å². The van der Waals surface area contributed by atoms with E-state index in [1.54, 1.807) is 7.05 Å². The zero-order valence-corrected chi connectivity index (χ0v) is 24.3. The van der Waals surface area contributed by atoms with Gasteiger partial charge in [0.2, 0.25) is 0 Å². The second-order valence-corrected chi connectivity index (χ2v) is 12.6. The van der Waals surface area contributed by atoms with Crippen molar-refractivity contribution in [3.05, 3.63) is 11.6 Å². The van der Waals surface area contributed by atoms with E-state index in [9.17, 15) is 14.4 Å². The maximum atomic E-state index is 14.1. The number of nitrogens with one attached hydrogen (secondary N) is 2. The molecular weight excluding hydrogens is 498 g/mol. The molecule has 2 heterocycles. The van der Waals surface area contributed by atoms with Gasteiger partial charge in [0.15, 0.2) is 17.2 Å². The van der Waals surface area contributed by atoms with Gasteiger partial charge in [-0.3, -0.25) is 31.4 Å². The number of carbonyl (C=O) groups excluding carboxylic acids is 3. The number of ketones is 2. The summed E-state index contributed by atoms with van der Waals surface area (Å²) >= 11 is 0. The van der Waals surface area contributed by atoms with Crippen LogP contribution in [-0.2, 0) is 23.9 Å². The summed E-state index contributed by atoms with van der Waals surface area (Å²) < 4.78 is 11.1. The van der Waals surface area contributed by atoms with Crippen LogP contribution >= 0.6 is 0 Å². The monoisotopic (exact) mass is 547 g/mol. The van der Waals surface area contributed by atoms with Gasteiger partial charge in [-0.05, 0) is 38.0 Å². The molecule has 8 atom stereocenters. The predicted molar refractivity (Wildman–Crippen MR) is 146 cm³/mol. The summed E-state index contributed by atoms with van der Waals surface area (Å²) in [5.74, 6) is -0.664. The van der Waals surface area contributed by atoms with E-state index in [0.717, 1.165) is 44.2 Å². The van der Waals surface area contributed by atoms with Crippen LogP contribution in [0.15, 0.2) is 11.6 Å². The van der Waals surface area contributed by atoms with Crippen molar-refractivity contribution in [2.75, 3.05) is 20.7 Å². The lowest BCUT2D eigenvalue weighted by molar-refractivity contribution is -0.699. The van der Waals surface area contributed by atoms with Crippen LogP contribution in [0.1, 0.15) is 72.1 Å². The average molecular weight is 548 g/mol. The Hall–Kier alpha value is -2.30. The fourth-order valence-corrected chi connectivity index (χ4v) is 7.64. The predicted octanol–water partition coefficient (Wildman–Crippen LogP) is -1.13. The number of fused-ring (bicyclic) bond motifs is 2. The van der Waals surface area contributed by atoms with Crippen molar-refractivity contribution in [3.8, 4) is 0 Å². The summed E-state index contributed by atoms with van der Waals surface area (Å²) in [5.41, 5.74) is 10.1. The molecule has 10 heteroatoms. The second-order valence-electron chi connectivity index (χ2n) is 12.6. The third-order valence-corrected chi connectivity index (χ3v) is 9.56. The number of epoxide rings is 1. The standard InChI is InChI=1S/C29H47N5O5/c1-16(2)13-19-7-6-8-20-23(19)25(36)29(26(37)38-5)28(39-29,24(20)35)11-9-17(3)14-21(34-27(31)32-4)18-10-12-33-22(30)15-18/h9,16,18-23,33H,6-8,10-15,30H2,1-5H3,(H3,31,32,34)/p+2. The van der Waals surface area contributed by atoms with Gasteiger partial charge in [-0.1, -0.05) is 31.9 Å². The zero-order chi connectivity index (χ0) is 28.5. The Bertz CT molecular complexity index is 1030. The van der Waals surface area contributed by atoms with Crippen LogP contribution in [0.4, 0.5) is 0 Å². The van der Waals surface area contributed by atoms with Gasteiger partial charge in [0.1, 0.15) is 6.17 Å². The number of esters is 1. The Morgan fingerprint density at radius 3 is 2.67 bits per heavy atom. The highest BCUT2D eigenvalue weighted by Crippen LogP contribution is 2.62. The minimum Gasteiger partial charge on any atom is -0.466 e. The van der Waals surface area contributed by atoms with Crippen LogP contribution in [-0.4, -0.2) is 67.6 Å². The van der Waals surface area contributed by atoms with E-state index in [1.807, 2.05) is 13.0 Å². The summed E-state index contributed by atoms with van der Waals surface area (Å²) in [6, 6.07) is 0.0552. The number of carbonyl (C=O) groups is 3. The Morgan fingerprint density at radius 1 is 1.28 bits per heavy atom. The smallest absolute Gasteiger partial charge is 0.349 e. The van der Waals surface area contributed by atoms with Crippen LogP contribution in [0.2, 0.25) is 0 Å². The Kier molecular flexibility index (Phi) is 8.88. The number of hydrogen-bond donors (Lipinski definition) is 5. The van der Waals surface area contributed by atoms with Gasteiger partial charge < -0.3 is 14.8 Å². The van der Waals surface area contributed by atoms with Crippen molar-refractivity contribution in [3.63, 3.8) is 0 Å². The number of quaternary nitrogens is 1. The molecule has 0 aromatic carbocycles. The molecule has 2 saturated heterocycles. The van der Waals surface area contributed by atoms with E-state index >= 15 is 0 Å². The lowest BCUT2D eigenvalue weighted by Crippen LogP contribution is -2.95. The fourth-order valence-electron chi connectivity index (χ4n) is 7.64. The third-order valence-electron chi connectivity index (χ3n) is 9.56. The number of ether oxygens (including phenoxy) is 2. The highest BCUT2D eigenvalue weighted by Gasteiger charge is 2.87. The van der Waals surface area contributed by atoms with Crippen molar-refractivity contribution >= 4 is 23.5 Å². The topological polar surface area (TPSA) is 168 Å². The molecule has 0 aromatic heterocycles. The summed E-state index contributed by atoms with van der Waals surface area (Å²) in [4.78, 5) is 44.2. The molecule has 4 aliphatic rings. The molecule has 0 aromatic rings. The molecule has 2 aliphatic heterocycles. The first kappa shape index (κ1) is 29.7. The van der Waals surface area contributed by atoms with Gasteiger partial charge in [-0.25, -0.2) is 4.79 Å². The van der Waals surface area contributed by atoms with E-state index in [0.29, 0.717) is 30.6 Å². The van der Waals surface area contributed by atoms with Crippen LogP contribution in [0.25, 0.3) is 0 Å². The molecule has 8 N–H and O–H groups in total. The Morgan fingerprint density at radius 2 is 2.03 bits per heavy atom. The molecule has 2 aliphatic carbocycles. The average Bonchev–Trinajstić information content (AvgIpc) is 3.61. The highest BCUT2D eigenvalue weighted by atomic mass is 16.7. The number of nitrogens with two attached hydrogens (primary N) is 3. The van der Waals surface area contributed by atoms with Gasteiger partial charge in [-0.15, -0.1) is 0 Å². The molecule has 39 heavy (non-hydrogen) atoms. The highest BCUT2D eigenvalue weighted by molar-refractivity contribution is 6.23. The Balaban J connectivity index is 1.58. The number of rotatable bonds is 9. The fraction of sp³-hybridized carbons (Fsp3) is 0.793. The van der Waals surface area contributed by atoms with Gasteiger partial charge >= 0.3 is 11.9 Å². The third kappa shape index (κ3) is 5.39. The molecule has 4 rings (SSSR count). The van der Waals surface area contributed by atoms with Crippen LogP contribution in [0, 0.1) is 29.6 Å². The molecule has 0 spiro atoms. The first-order valence-corrected chi connectivity index (χ1v) is 14.7. The summed E-state index contributed by atoms with van der Waals surface area (Å²) in [6.45, 7) is 7.23. The lowest BCUT2D eigenvalue weighted by atomic mass is 9.57. The summed E-state index contributed by atoms with van der Waals surface area (Å²) in [6.07, 6.45) is 8.09. The van der Waals surface area contributed by atoms with Crippen LogP contribution in [0.5, 0.6) is 0 Å². The number of piperidine rings is 1. The molecule has 4 fully saturated rings. The molecule has 218 valence electrons. The molecule has 0 bridgehead atoms. The number of methoxy groups -OCH3 is 1. The van der Waals surface area contributed by atoms with Gasteiger partial charge in [0.25, 0.3) is 5.60 Å². The van der Waals surface area contributed by atoms with E-state index in [1.165, 1.54) is 7.11 Å². The first-order valence-electron chi connectivity index (χ1n) is 14.7. The summed E-state index contributed by atoms with van der Waals surface area (Å²) in [7, 11) is 3.03. The maximum Gasteiger partial charge on any atom is 0.349 e. The number of hydrogen-bond acceptors (Lipinski definition) is 6. The molecule has 0 radical (unpaired) electrons. The molecule has 8 unspecified atom stereocenters. The summed E-state index contributed by atoms with van der Waals surface area (Å²) in [5, 5.41) is 5.56. The van der Waals surface area contributed by atoms with Gasteiger partial charge in [0, 0.05) is 43.4 Å². The lowest BCUT2D eigenvalue weighted by Gasteiger charge is -2.42. The van der Waals surface area contributed by atoms with Gasteiger partial charge in [-0.2, -0.15) is 0 Å². The van der Waals surface area contributed by atoms with Crippen molar-refractivity contribution in [2.24, 2.45) is 41.1 Å². The molecule has 0 amide bonds. The molecule has 2 saturated carbocycles. The van der Waals surface area contributed by atoms with E-state index < -0.39 is 29.0 Å². The quantitative estimate of drug-likeness (QED) is 0.0603. The van der Waals surface area contributed by atoms with Crippen LogP contribution < -0.4 is 27.1 Å². The largest absolute Gasteiger partial charge is 0.466 e. The normalized spacial score (nSPS) is 37.7. The molecule has 10 nitrogen and oxygen atoms in total. The zero-order valence-electron chi connectivity index (χ0n) is 24.3. The Labute approximate surface area is 232 Å². The number of Topliss-reactive ketones (excluding diaryl/α,β-unsaturated/α-hetero) is 2. The second kappa shape index (κ2) is 11.7. The number of guanidine groups is 1. The molecular formula is C29H49N5O5+2. The minimum atomic E-state index is -1.82. The van der Waals surface area contributed by atoms with Crippen molar-refractivity contribution in [1.82, 2.24) is 5.32 Å². The van der Waals surface area contributed by atoms with Crippen molar-refractivity contribution < 1.29 is 34.2 Å². The minimum absolute atomic E-state index is 0.0552. The SMILES string of the molecule is C[NH+]=C(N)NC(CC(C)=CCC12OC1(C(=O)OC)C(=O)C1C(CC(C)C)CCCC1C2=O)C1CC[NH2+]C(N)C1.